The van der Waals surface area contributed by atoms with Crippen molar-refractivity contribution in [3.63, 3.8) is 0 Å². The first kappa shape index (κ1) is 4.47. The lowest BCUT2D eigenvalue weighted by Gasteiger charge is -1.90. The quantitative estimate of drug-likeness (QED) is 0.444. The van der Waals surface area contributed by atoms with Gasteiger partial charge in [0.15, 0.2) is 0 Å². The molecule has 0 bridgehead atoms. The lowest BCUT2D eigenvalue weighted by atomic mass is 10.7. The van der Waals surface area contributed by atoms with E-state index in [0.717, 1.165) is 5.37 Å². The molecule has 1 aliphatic heterocycles. The molecule has 1 heterocycles. The number of quaternary nitrogens is 1. The first-order chi connectivity index (χ1) is 2.89. The number of thioether (sulfide) groups is 1. The summed E-state index contributed by atoms with van der Waals surface area (Å²) in [7, 11) is 0. The van der Waals surface area contributed by atoms with Crippen molar-refractivity contribution < 1.29 is 5.32 Å². The molecule has 6 heavy (non-hydrogen) atoms. The normalized spacial score (nSPS) is 34.5. The smallest absolute Gasteiger partial charge is 0.130 e. The van der Waals surface area contributed by atoms with Crippen LogP contribution in [-0.4, -0.2) is 17.7 Å². The molecule has 1 saturated heterocycles. The molecule has 1 atom stereocenters. The molecule has 0 aliphatic carbocycles. The molecular weight excluding hydrogens is 94.1 g/mol. The van der Waals surface area contributed by atoms with Gasteiger partial charge < -0.3 is 5.32 Å². The van der Waals surface area contributed by atoms with Crippen LogP contribution in [0.2, 0.25) is 0 Å². The van der Waals surface area contributed by atoms with E-state index in [1.54, 1.807) is 0 Å². The van der Waals surface area contributed by atoms with Crippen molar-refractivity contribution >= 4 is 11.8 Å². The Bertz CT molecular complexity index is 40.8. The summed E-state index contributed by atoms with van der Waals surface area (Å²) in [4.78, 5) is 0. The lowest BCUT2D eigenvalue weighted by Crippen LogP contribution is -2.85. The van der Waals surface area contributed by atoms with Gasteiger partial charge >= 0.3 is 0 Å². The van der Waals surface area contributed by atoms with Crippen LogP contribution in [0.1, 0.15) is 6.92 Å². The first-order valence-electron chi connectivity index (χ1n) is 2.34. The SMILES string of the molecule is C[C@H]1[NH2+]CCS1. The van der Waals surface area contributed by atoms with Crippen LogP contribution in [0, 0.1) is 0 Å². The van der Waals surface area contributed by atoms with Gasteiger partial charge in [-0.2, -0.15) is 0 Å². The summed E-state index contributed by atoms with van der Waals surface area (Å²) in [6.45, 7) is 3.57. The molecule has 0 unspecified atom stereocenters. The first-order valence-corrected chi connectivity index (χ1v) is 3.39. The summed E-state index contributed by atoms with van der Waals surface area (Å²) in [6.07, 6.45) is 0. The van der Waals surface area contributed by atoms with E-state index in [4.69, 9.17) is 0 Å². The zero-order valence-electron chi connectivity index (χ0n) is 3.98. The largest absolute Gasteiger partial charge is 0.335 e. The zero-order chi connectivity index (χ0) is 4.41. The van der Waals surface area contributed by atoms with Crippen LogP contribution in [0.3, 0.4) is 0 Å². The van der Waals surface area contributed by atoms with E-state index in [1.807, 2.05) is 11.8 Å². The van der Waals surface area contributed by atoms with Gasteiger partial charge in [0, 0.05) is 5.75 Å². The summed E-state index contributed by atoms with van der Waals surface area (Å²) in [6, 6.07) is 0. The van der Waals surface area contributed by atoms with Gasteiger partial charge in [0.05, 0.1) is 6.54 Å². The van der Waals surface area contributed by atoms with Crippen LogP contribution in [0.15, 0.2) is 0 Å². The highest BCUT2D eigenvalue weighted by Crippen LogP contribution is 2.04. The van der Waals surface area contributed by atoms with Crippen LogP contribution < -0.4 is 5.32 Å². The Hall–Kier alpha value is 0.310. The average Bonchev–Trinajstić information content (AvgIpc) is 1.86. The van der Waals surface area contributed by atoms with Crippen molar-refractivity contribution in [1.29, 1.82) is 0 Å². The van der Waals surface area contributed by atoms with E-state index >= 15 is 0 Å². The Morgan fingerprint density at radius 1 is 1.83 bits per heavy atom. The molecule has 1 aliphatic rings. The molecule has 2 heteroatoms. The van der Waals surface area contributed by atoms with Crippen molar-refractivity contribution in [1.82, 2.24) is 0 Å². The summed E-state index contributed by atoms with van der Waals surface area (Å²) >= 11 is 2.04. The third-order valence-corrected chi connectivity index (χ3v) is 2.19. The monoisotopic (exact) mass is 104 g/mol. The number of hydrogen-bond acceptors (Lipinski definition) is 1. The zero-order valence-corrected chi connectivity index (χ0v) is 4.79. The predicted octanol–water partition coefficient (Wildman–Crippen LogP) is -0.357. The maximum Gasteiger partial charge on any atom is 0.130 e. The van der Waals surface area contributed by atoms with Gasteiger partial charge in [0.1, 0.15) is 5.37 Å². The minimum absolute atomic E-state index is 0.838. The van der Waals surface area contributed by atoms with E-state index < -0.39 is 0 Å². The van der Waals surface area contributed by atoms with Crippen molar-refractivity contribution in [2.24, 2.45) is 0 Å². The highest BCUT2D eigenvalue weighted by atomic mass is 32.2. The molecule has 0 spiro atoms. The molecule has 2 N–H and O–H groups in total. The molecular formula is C4H10NS+. The van der Waals surface area contributed by atoms with Gasteiger partial charge in [-0.1, -0.05) is 11.8 Å². The average molecular weight is 104 g/mol. The summed E-state index contributed by atoms with van der Waals surface area (Å²) in [5.74, 6) is 1.35. The summed E-state index contributed by atoms with van der Waals surface area (Å²) < 4.78 is 0. The number of hydrogen-bond donors (Lipinski definition) is 1. The van der Waals surface area contributed by atoms with Crippen LogP contribution in [0.5, 0.6) is 0 Å². The summed E-state index contributed by atoms with van der Waals surface area (Å²) in [5, 5.41) is 3.20. The highest BCUT2D eigenvalue weighted by Gasteiger charge is 2.10. The maximum atomic E-state index is 2.37. The molecule has 0 amide bonds. The standard InChI is InChI=1S/C4H9NS/c1-4-5-2-3-6-4/h4-5H,2-3H2,1H3/p+1/t4-/m0/s1. The van der Waals surface area contributed by atoms with Crippen molar-refractivity contribution in [2.45, 2.75) is 12.3 Å². The highest BCUT2D eigenvalue weighted by molar-refractivity contribution is 7.99. The van der Waals surface area contributed by atoms with E-state index in [1.165, 1.54) is 12.3 Å². The Labute approximate surface area is 42.5 Å². The van der Waals surface area contributed by atoms with Gasteiger partial charge in [0.2, 0.25) is 0 Å². The van der Waals surface area contributed by atoms with Crippen LogP contribution in [-0.2, 0) is 0 Å². The predicted molar refractivity (Wildman–Crippen MR) is 28.7 cm³/mol. The molecule has 1 rings (SSSR count). The van der Waals surface area contributed by atoms with Crippen molar-refractivity contribution in [2.75, 3.05) is 12.3 Å². The second kappa shape index (κ2) is 1.85. The molecule has 0 radical (unpaired) electrons. The fourth-order valence-corrected chi connectivity index (χ4v) is 1.54. The third kappa shape index (κ3) is 0.884. The van der Waals surface area contributed by atoms with Crippen LogP contribution in [0.4, 0.5) is 0 Å². The Balaban J connectivity index is 2.18. The van der Waals surface area contributed by atoms with Gasteiger partial charge in [-0.05, 0) is 6.92 Å². The number of nitrogens with two attached hydrogens (primary N) is 1. The van der Waals surface area contributed by atoms with Crippen LogP contribution in [0.25, 0.3) is 0 Å². The van der Waals surface area contributed by atoms with E-state index in [2.05, 4.69) is 12.2 Å². The molecule has 0 aromatic heterocycles. The van der Waals surface area contributed by atoms with Gasteiger partial charge in [-0.3, -0.25) is 0 Å². The molecule has 1 fully saturated rings. The molecule has 1 nitrogen and oxygen atoms in total. The van der Waals surface area contributed by atoms with Crippen molar-refractivity contribution in [3.05, 3.63) is 0 Å². The second-order valence-electron chi connectivity index (χ2n) is 1.60. The molecule has 36 valence electrons. The Morgan fingerprint density at radius 2 is 2.67 bits per heavy atom. The van der Waals surface area contributed by atoms with E-state index in [0.29, 0.717) is 0 Å². The Morgan fingerprint density at radius 3 is 2.83 bits per heavy atom. The van der Waals surface area contributed by atoms with Crippen molar-refractivity contribution in [3.8, 4) is 0 Å². The summed E-state index contributed by atoms with van der Waals surface area (Å²) in [5.41, 5.74) is 0. The van der Waals surface area contributed by atoms with Gasteiger partial charge in [-0.15, -0.1) is 0 Å². The number of rotatable bonds is 0. The minimum atomic E-state index is 0.838. The molecule has 0 aromatic rings. The Kier molecular flexibility index (Phi) is 1.37. The van der Waals surface area contributed by atoms with Gasteiger partial charge in [0.25, 0.3) is 0 Å². The van der Waals surface area contributed by atoms with E-state index in [-0.39, 0.29) is 0 Å². The molecule has 0 aromatic carbocycles. The third-order valence-electron chi connectivity index (χ3n) is 0.997. The lowest BCUT2D eigenvalue weighted by molar-refractivity contribution is -0.654. The fourth-order valence-electron chi connectivity index (χ4n) is 0.625. The topological polar surface area (TPSA) is 16.6 Å². The second-order valence-corrected chi connectivity index (χ2v) is 3.09. The minimum Gasteiger partial charge on any atom is -0.335 e. The maximum absolute atomic E-state index is 2.37. The fraction of sp³-hybridized carbons (Fsp3) is 1.00. The van der Waals surface area contributed by atoms with Crippen LogP contribution >= 0.6 is 11.8 Å². The molecule has 0 saturated carbocycles. The van der Waals surface area contributed by atoms with E-state index in [9.17, 15) is 0 Å². The van der Waals surface area contributed by atoms with Gasteiger partial charge in [-0.25, -0.2) is 0 Å².